The summed E-state index contributed by atoms with van der Waals surface area (Å²) in [5.41, 5.74) is 6.57. The Morgan fingerprint density at radius 3 is 2.28 bits per heavy atom. The number of anilines is 1. The minimum absolute atomic E-state index is 0.00348. The quantitative estimate of drug-likeness (QED) is 0.703. The summed E-state index contributed by atoms with van der Waals surface area (Å²) in [6.45, 7) is 0.422. The predicted molar refractivity (Wildman–Crippen MR) is 96.7 cm³/mol. The van der Waals surface area contributed by atoms with Crippen molar-refractivity contribution < 1.29 is 13.2 Å². The SMILES string of the molecule is NCC(NC(=O)c1ccc(NS(=O)(=O)c2ccccc2)cc1)C1CC1. The zero-order chi connectivity index (χ0) is 17.9. The highest BCUT2D eigenvalue weighted by Crippen LogP contribution is 2.32. The zero-order valence-corrected chi connectivity index (χ0v) is 14.5. The first-order valence-electron chi connectivity index (χ1n) is 8.18. The Morgan fingerprint density at radius 1 is 1.08 bits per heavy atom. The predicted octanol–water partition coefficient (Wildman–Crippen LogP) is 1.95. The van der Waals surface area contributed by atoms with Crippen molar-refractivity contribution in [3.63, 3.8) is 0 Å². The maximum absolute atomic E-state index is 12.3. The molecule has 0 aromatic heterocycles. The third-order valence-electron chi connectivity index (χ3n) is 4.21. The lowest BCUT2D eigenvalue weighted by Crippen LogP contribution is -2.41. The maximum atomic E-state index is 12.3. The number of hydrogen-bond acceptors (Lipinski definition) is 4. The molecule has 1 unspecified atom stereocenters. The molecule has 6 nitrogen and oxygen atoms in total. The zero-order valence-electron chi connectivity index (χ0n) is 13.7. The second-order valence-electron chi connectivity index (χ2n) is 6.15. The molecule has 0 spiro atoms. The van der Waals surface area contributed by atoms with Crippen molar-refractivity contribution in [2.45, 2.75) is 23.8 Å². The van der Waals surface area contributed by atoms with Gasteiger partial charge in [-0.15, -0.1) is 0 Å². The summed E-state index contributed by atoms with van der Waals surface area (Å²) < 4.78 is 27.1. The molecule has 0 bridgehead atoms. The molecule has 1 saturated carbocycles. The van der Waals surface area contributed by atoms with Gasteiger partial charge in [-0.3, -0.25) is 9.52 Å². The highest BCUT2D eigenvalue weighted by molar-refractivity contribution is 7.92. The first-order valence-corrected chi connectivity index (χ1v) is 9.67. The fourth-order valence-electron chi connectivity index (χ4n) is 2.62. The molecule has 0 aliphatic heterocycles. The van der Waals surface area contributed by atoms with Crippen LogP contribution in [0.25, 0.3) is 0 Å². The number of carbonyl (C=O) groups excluding carboxylic acids is 1. The Labute approximate surface area is 147 Å². The first kappa shape index (κ1) is 17.4. The average molecular weight is 359 g/mol. The second-order valence-corrected chi connectivity index (χ2v) is 7.83. The van der Waals surface area contributed by atoms with Crippen LogP contribution in [0.4, 0.5) is 5.69 Å². The van der Waals surface area contributed by atoms with Gasteiger partial charge in [0, 0.05) is 23.8 Å². The fourth-order valence-corrected chi connectivity index (χ4v) is 3.70. The molecule has 4 N–H and O–H groups in total. The molecule has 1 fully saturated rings. The molecular weight excluding hydrogens is 338 g/mol. The van der Waals surface area contributed by atoms with Gasteiger partial charge in [-0.25, -0.2) is 8.42 Å². The fraction of sp³-hybridized carbons (Fsp3) is 0.278. The van der Waals surface area contributed by atoms with Crippen LogP contribution in [0.5, 0.6) is 0 Å². The van der Waals surface area contributed by atoms with Crippen molar-refractivity contribution >= 4 is 21.6 Å². The van der Waals surface area contributed by atoms with Gasteiger partial charge in [-0.2, -0.15) is 0 Å². The maximum Gasteiger partial charge on any atom is 0.261 e. The van der Waals surface area contributed by atoms with Gasteiger partial charge >= 0.3 is 0 Å². The lowest BCUT2D eigenvalue weighted by atomic mass is 10.1. The van der Waals surface area contributed by atoms with E-state index >= 15 is 0 Å². The topological polar surface area (TPSA) is 101 Å². The van der Waals surface area contributed by atoms with Crippen LogP contribution in [0.2, 0.25) is 0 Å². The van der Waals surface area contributed by atoms with E-state index in [9.17, 15) is 13.2 Å². The molecule has 3 rings (SSSR count). The molecular formula is C18H21N3O3S. The van der Waals surface area contributed by atoms with Crippen LogP contribution in [0, 0.1) is 5.92 Å². The van der Waals surface area contributed by atoms with E-state index in [2.05, 4.69) is 10.0 Å². The lowest BCUT2D eigenvalue weighted by Gasteiger charge is -2.16. The molecule has 1 aliphatic carbocycles. The minimum atomic E-state index is -3.64. The molecule has 0 radical (unpaired) electrons. The Balaban J connectivity index is 1.67. The largest absolute Gasteiger partial charge is 0.348 e. The molecule has 7 heteroatoms. The van der Waals surface area contributed by atoms with Crippen LogP contribution in [-0.2, 0) is 10.0 Å². The van der Waals surface area contributed by atoms with E-state index in [-0.39, 0.29) is 16.8 Å². The average Bonchev–Trinajstić information content (AvgIpc) is 3.45. The molecule has 132 valence electrons. The van der Waals surface area contributed by atoms with Crippen LogP contribution in [0.1, 0.15) is 23.2 Å². The molecule has 1 atom stereocenters. The standard InChI is InChI=1S/C18H21N3O3S/c19-12-17(13-6-7-13)20-18(22)14-8-10-15(11-9-14)21-25(23,24)16-4-2-1-3-5-16/h1-5,8-11,13,17,21H,6-7,12,19H2,(H,20,22). The van der Waals surface area contributed by atoms with E-state index in [1.54, 1.807) is 42.5 Å². The third-order valence-corrected chi connectivity index (χ3v) is 5.61. The van der Waals surface area contributed by atoms with E-state index in [0.29, 0.717) is 23.7 Å². The van der Waals surface area contributed by atoms with Gasteiger partial charge in [-0.05, 0) is 55.2 Å². The van der Waals surface area contributed by atoms with Crippen LogP contribution < -0.4 is 15.8 Å². The molecule has 2 aromatic rings. The number of hydrogen-bond donors (Lipinski definition) is 3. The van der Waals surface area contributed by atoms with E-state index in [0.717, 1.165) is 12.8 Å². The number of nitrogens with one attached hydrogen (secondary N) is 2. The molecule has 2 aromatic carbocycles. The van der Waals surface area contributed by atoms with E-state index in [4.69, 9.17) is 5.73 Å². The summed E-state index contributed by atoms with van der Waals surface area (Å²) in [4.78, 5) is 12.4. The minimum Gasteiger partial charge on any atom is -0.348 e. The van der Waals surface area contributed by atoms with Crippen molar-refractivity contribution in [1.82, 2.24) is 5.32 Å². The van der Waals surface area contributed by atoms with Crippen molar-refractivity contribution in [3.05, 3.63) is 60.2 Å². The van der Waals surface area contributed by atoms with Crippen molar-refractivity contribution in [2.75, 3.05) is 11.3 Å². The van der Waals surface area contributed by atoms with Crippen LogP contribution in [0.15, 0.2) is 59.5 Å². The van der Waals surface area contributed by atoms with E-state index < -0.39 is 10.0 Å². The second kappa shape index (κ2) is 7.25. The van der Waals surface area contributed by atoms with Crippen molar-refractivity contribution in [3.8, 4) is 0 Å². The monoisotopic (exact) mass is 359 g/mol. The van der Waals surface area contributed by atoms with E-state index in [1.807, 2.05) is 0 Å². The van der Waals surface area contributed by atoms with Gasteiger partial charge in [0.2, 0.25) is 0 Å². The van der Waals surface area contributed by atoms with Gasteiger partial charge in [-0.1, -0.05) is 18.2 Å². The number of carbonyl (C=O) groups is 1. The van der Waals surface area contributed by atoms with Crippen molar-refractivity contribution in [1.29, 1.82) is 0 Å². The first-order chi connectivity index (χ1) is 12.0. The molecule has 0 heterocycles. The summed E-state index contributed by atoms with van der Waals surface area (Å²) in [5, 5.41) is 2.94. The Bertz CT molecular complexity index is 832. The summed E-state index contributed by atoms with van der Waals surface area (Å²) in [6.07, 6.45) is 2.20. The van der Waals surface area contributed by atoms with Crippen LogP contribution in [-0.4, -0.2) is 26.9 Å². The van der Waals surface area contributed by atoms with Gasteiger partial charge in [0.1, 0.15) is 0 Å². The number of rotatable bonds is 7. The van der Waals surface area contributed by atoms with Gasteiger partial charge in [0.15, 0.2) is 0 Å². The highest BCUT2D eigenvalue weighted by atomic mass is 32.2. The van der Waals surface area contributed by atoms with Gasteiger partial charge in [0.05, 0.1) is 4.90 Å². The van der Waals surface area contributed by atoms with E-state index in [1.165, 1.54) is 12.1 Å². The summed E-state index contributed by atoms with van der Waals surface area (Å²) >= 11 is 0. The molecule has 25 heavy (non-hydrogen) atoms. The molecule has 1 amide bonds. The number of sulfonamides is 1. The lowest BCUT2D eigenvalue weighted by molar-refractivity contribution is 0.0933. The number of nitrogens with two attached hydrogens (primary N) is 1. The number of amides is 1. The summed E-state index contributed by atoms with van der Waals surface area (Å²) in [5.74, 6) is 0.283. The van der Waals surface area contributed by atoms with Gasteiger partial charge in [0.25, 0.3) is 15.9 Å². The Hall–Kier alpha value is -2.38. The highest BCUT2D eigenvalue weighted by Gasteiger charge is 2.31. The smallest absolute Gasteiger partial charge is 0.261 e. The van der Waals surface area contributed by atoms with Gasteiger partial charge < -0.3 is 11.1 Å². The Kier molecular flexibility index (Phi) is 5.06. The summed E-state index contributed by atoms with van der Waals surface area (Å²) in [7, 11) is -3.64. The third kappa shape index (κ3) is 4.37. The van der Waals surface area contributed by atoms with Crippen LogP contribution >= 0.6 is 0 Å². The van der Waals surface area contributed by atoms with Crippen LogP contribution in [0.3, 0.4) is 0 Å². The normalized spacial score (nSPS) is 15.4. The molecule has 1 aliphatic rings. The summed E-state index contributed by atoms with van der Waals surface area (Å²) in [6, 6.07) is 14.5. The number of benzene rings is 2. The van der Waals surface area contributed by atoms with Crippen molar-refractivity contribution in [2.24, 2.45) is 11.7 Å². The molecule has 0 saturated heterocycles. The Morgan fingerprint density at radius 2 is 1.72 bits per heavy atom.